The van der Waals surface area contributed by atoms with Gasteiger partial charge in [-0.2, -0.15) is 0 Å². The monoisotopic (exact) mass is 311 g/mol. The molecule has 3 rings (SSSR count). The number of thiazole rings is 1. The Morgan fingerprint density at radius 1 is 1.14 bits per heavy atom. The summed E-state index contributed by atoms with van der Waals surface area (Å²) in [7, 11) is 0. The van der Waals surface area contributed by atoms with E-state index in [1.807, 2.05) is 36.6 Å². The summed E-state index contributed by atoms with van der Waals surface area (Å²) in [6.07, 6.45) is 4.44. The van der Waals surface area contributed by atoms with Crippen molar-refractivity contribution in [1.82, 2.24) is 15.0 Å². The van der Waals surface area contributed by atoms with E-state index >= 15 is 0 Å². The van der Waals surface area contributed by atoms with Gasteiger partial charge in [-0.3, -0.25) is 9.78 Å². The van der Waals surface area contributed by atoms with Crippen LogP contribution >= 0.6 is 11.3 Å². The van der Waals surface area contributed by atoms with E-state index in [1.54, 1.807) is 11.3 Å². The summed E-state index contributed by atoms with van der Waals surface area (Å²) in [4.78, 5) is 24.1. The Bertz CT molecular complexity index is 770. The standard InChI is InChI=1S/C15H13N5OS/c1-10-9-22-15(18-10)20-12-4-2-11(3-5-12)19-14(21)13-8-16-6-7-17-13/h2-9H,1H3,(H,18,20)(H,19,21). The Morgan fingerprint density at radius 2 is 1.91 bits per heavy atom. The Morgan fingerprint density at radius 3 is 2.55 bits per heavy atom. The summed E-state index contributed by atoms with van der Waals surface area (Å²) in [6.45, 7) is 1.95. The molecule has 6 nitrogen and oxygen atoms in total. The van der Waals surface area contributed by atoms with Gasteiger partial charge in [0.2, 0.25) is 0 Å². The predicted octanol–water partition coefficient (Wildman–Crippen LogP) is 3.24. The molecule has 2 N–H and O–H groups in total. The van der Waals surface area contributed by atoms with Crippen LogP contribution < -0.4 is 10.6 Å². The van der Waals surface area contributed by atoms with E-state index < -0.39 is 0 Å². The number of carbonyl (C=O) groups is 1. The molecular formula is C15H13N5OS. The average Bonchev–Trinajstić information content (AvgIpc) is 2.95. The first-order valence-corrected chi connectivity index (χ1v) is 7.45. The van der Waals surface area contributed by atoms with Crippen molar-refractivity contribution < 1.29 is 4.79 Å². The lowest BCUT2D eigenvalue weighted by atomic mass is 10.2. The summed E-state index contributed by atoms with van der Waals surface area (Å²) in [5.74, 6) is -0.288. The number of amides is 1. The van der Waals surface area contributed by atoms with Crippen molar-refractivity contribution in [3.05, 3.63) is 59.6 Å². The molecule has 22 heavy (non-hydrogen) atoms. The highest BCUT2D eigenvalue weighted by atomic mass is 32.1. The van der Waals surface area contributed by atoms with Gasteiger partial charge < -0.3 is 10.6 Å². The van der Waals surface area contributed by atoms with Crippen molar-refractivity contribution in [2.24, 2.45) is 0 Å². The van der Waals surface area contributed by atoms with Gasteiger partial charge in [0.25, 0.3) is 5.91 Å². The molecule has 0 unspecified atom stereocenters. The molecule has 2 heterocycles. The van der Waals surface area contributed by atoms with E-state index in [0.29, 0.717) is 5.69 Å². The molecule has 7 heteroatoms. The molecule has 0 aliphatic rings. The normalized spacial score (nSPS) is 10.2. The number of aryl methyl sites for hydroxylation is 1. The zero-order valence-corrected chi connectivity index (χ0v) is 12.6. The number of hydrogen-bond acceptors (Lipinski definition) is 6. The fourth-order valence-corrected chi connectivity index (χ4v) is 2.49. The highest BCUT2D eigenvalue weighted by molar-refractivity contribution is 7.13. The number of nitrogens with one attached hydrogen (secondary N) is 2. The molecule has 1 amide bonds. The van der Waals surface area contributed by atoms with Gasteiger partial charge in [-0.05, 0) is 31.2 Å². The van der Waals surface area contributed by atoms with E-state index in [0.717, 1.165) is 16.5 Å². The van der Waals surface area contributed by atoms with Crippen LogP contribution in [-0.2, 0) is 0 Å². The van der Waals surface area contributed by atoms with Gasteiger partial charge in [0, 0.05) is 29.1 Å². The largest absolute Gasteiger partial charge is 0.332 e. The van der Waals surface area contributed by atoms with Crippen molar-refractivity contribution >= 4 is 33.8 Å². The van der Waals surface area contributed by atoms with E-state index in [4.69, 9.17) is 0 Å². The van der Waals surface area contributed by atoms with E-state index in [-0.39, 0.29) is 11.6 Å². The van der Waals surface area contributed by atoms with Crippen LogP contribution in [0, 0.1) is 6.92 Å². The zero-order chi connectivity index (χ0) is 15.4. The summed E-state index contributed by atoms with van der Waals surface area (Å²) in [5.41, 5.74) is 2.87. The number of anilines is 3. The van der Waals surface area contributed by atoms with E-state index in [1.165, 1.54) is 18.6 Å². The summed E-state index contributed by atoms with van der Waals surface area (Å²) >= 11 is 1.55. The Labute approximate surface area is 131 Å². The molecule has 0 aliphatic carbocycles. The van der Waals surface area contributed by atoms with Crippen LogP contribution in [0.4, 0.5) is 16.5 Å². The third-order valence-electron chi connectivity index (χ3n) is 2.81. The Balaban J connectivity index is 1.65. The molecule has 2 aromatic heterocycles. The second kappa shape index (κ2) is 6.31. The molecule has 0 atom stereocenters. The van der Waals surface area contributed by atoms with Crippen LogP contribution in [0.5, 0.6) is 0 Å². The molecule has 0 saturated carbocycles. The third-order valence-corrected chi connectivity index (χ3v) is 3.68. The minimum Gasteiger partial charge on any atom is -0.332 e. The minimum absolute atomic E-state index is 0.281. The van der Waals surface area contributed by atoms with Crippen molar-refractivity contribution in [3.8, 4) is 0 Å². The predicted molar refractivity (Wildman–Crippen MR) is 86.6 cm³/mol. The summed E-state index contributed by atoms with van der Waals surface area (Å²) < 4.78 is 0. The van der Waals surface area contributed by atoms with Crippen LogP contribution in [0.25, 0.3) is 0 Å². The number of nitrogens with zero attached hydrogens (tertiary/aromatic N) is 3. The smallest absolute Gasteiger partial charge is 0.275 e. The van der Waals surface area contributed by atoms with Crippen molar-refractivity contribution in [3.63, 3.8) is 0 Å². The Hall–Kier alpha value is -2.80. The molecule has 3 aromatic rings. The first kappa shape index (κ1) is 14.2. The van der Waals surface area contributed by atoms with Gasteiger partial charge in [0.1, 0.15) is 5.69 Å². The zero-order valence-electron chi connectivity index (χ0n) is 11.8. The Kier molecular flexibility index (Phi) is 4.06. The third kappa shape index (κ3) is 3.44. The van der Waals surface area contributed by atoms with Crippen molar-refractivity contribution in [2.75, 3.05) is 10.6 Å². The molecule has 110 valence electrons. The molecule has 0 radical (unpaired) electrons. The molecule has 0 aliphatic heterocycles. The quantitative estimate of drug-likeness (QED) is 0.773. The molecule has 0 bridgehead atoms. The van der Waals surface area contributed by atoms with Gasteiger partial charge in [-0.25, -0.2) is 9.97 Å². The van der Waals surface area contributed by atoms with Crippen LogP contribution in [0.1, 0.15) is 16.2 Å². The van der Waals surface area contributed by atoms with Crippen LogP contribution in [-0.4, -0.2) is 20.9 Å². The number of carbonyl (C=O) groups excluding carboxylic acids is 1. The number of benzene rings is 1. The molecular weight excluding hydrogens is 298 g/mol. The lowest BCUT2D eigenvalue weighted by Gasteiger charge is -2.06. The first-order valence-electron chi connectivity index (χ1n) is 6.57. The van der Waals surface area contributed by atoms with Crippen LogP contribution in [0.3, 0.4) is 0 Å². The highest BCUT2D eigenvalue weighted by Crippen LogP contribution is 2.22. The van der Waals surface area contributed by atoms with Crippen molar-refractivity contribution in [1.29, 1.82) is 0 Å². The van der Waals surface area contributed by atoms with Gasteiger partial charge in [-0.1, -0.05) is 0 Å². The fourth-order valence-electron chi connectivity index (χ4n) is 1.78. The minimum atomic E-state index is -0.288. The topological polar surface area (TPSA) is 79.8 Å². The van der Waals surface area contributed by atoms with Gasteiger partial charge in [0.05, 0.1) is 11.9 Å². The summed E-state index contributed by atoms with van der Waals surface area (Å²) in [6, 6.07) is 7.39. The van der Waals surface area contributed by atoms with Crippen LogP contribution in [0.2, 0.25) is 0 Å². The summed E-state index contributed by atoms with van der Waals surface area (Å²) in [5, 5.41) is 8.81. The van der Waals surface area contributed by atoms with E-state index in [2.05, 4.69) is 25.6 Å². The second-order valence-electron chi connectivity index (χ2n) is 4.54. The van der Waals surface area contributed by atoms with Gasteiger partial charge in [-0.15, -0.1) is 11.3 Å². The average molecular weight is 311 g/mol. The molecule has 0 saturated heterocycles. The van der Waals surface area contributed by atoms with Gasteiger partial charge in [0.15, 0.2) is 5.13 Å². The van der Waals surface area contributed by atoms with E-state index in [9.17, 15) is 4.79 Å². The fraction of sp³-hybridized carbons (Fsp3) is 0.0667. The number of rotatable bonds is 4. The SMILES string of the molecule is Cc1csc(Nc2ccc(NC(=O)c3cnccn3)cc2)n1. The van der Waals surface area contributed by atoms with Crippen LogP contribution in [0.15, 0.2) is 48.2 Å². The maximum absolute atomic E-state index is 12.0. The highest BCUT2D eigenvalue weighted by Gasteiger charge is 2.07. The second-order valence-corrected chi connectivity index (χ2v) is 5.40. The first-order chi connectivity index (χ1) is 10.7. The molecule has 1 aromatic carbocycles. The maximum Gasteiger partial charge on any atom is 0.275 e. The lowest BCUT2D eigenvalue weighted by molar-refractivity contribution is 0.102. The van der Waals surface area contributed by atoms with Gasteiger partial charge >= 0.3 is 0 Å². The maximum atomic E-state index is 12.0. The molecule has 0 fully saturated rings. The molecule has 0 spiro atoms. The number of hydrogen-bond donors (Lipinski definition) is 2. The van der Waals surface area contributed by atoms with Crippen molar-refractivity contribution in [2.45, 2.75) is 6.92 Å². The number of aromatic nitrogens is 3. The lowest BCUT2D eigenvalue weighted by Crippen LogP contribution is -2.13.